The number of rotatable bonds is 7. The third-order valence-electron chi connectivity index (χ3n) is 3.46. The van der Waals surface area contributed by atoms with Gasteiger partial charge in [0.15, 0.2) is 9.84 Å². The Balaban J connectivity index is 2.95. The first-order valence-electron chi connectivity index (χ1n) is 6.54. The first kappa shape index (κ1) is 16.1. The largest absolute Gasteiger partial charge is 0.271 e. The summed E-state index contributed by atoms with van der Waals surface area (Å²) in [4.78, 5) is 0. The van der Waals surface area contributed by atoms with Crippen molar-refractivity contribution in [1.82, 2.24) is 15.2 Å². The molecule has 0 saturated carbocycles. The van der Waals surface area contributed by atoms with Gasteiger partial charge in [0.05, 0.1) is 10.9 Å². The van der Waals surface area contributed by atoms with Gasteiger partial charge in [-0.3, -0.25) is 16.0 Å². The van der Waals surface area contributed by atoms with Gasteiger partial charge in [0.25, 0.3) is 0 Å². The highest BCUT2D eigenvalue weighted by atomic mass is 32.2. The molecule has 0 amide bonds. The van der Waals surface area contributed by atoms with Gasteiger partial charge >= 0.3 is 0 Å². The normalized spacial score (nSPS) is 15.4. The summed E-state index contributed by atoms with van der Waals surface area (Å²) in [6.45, 7) is 6.50. The Hall–Kier alpha value is -0.920. The lowest BCUT2D eigenvalue weighted by atomic mass is 10.1. The van der Waals surface area contributed by atoms with Crippen LogP contribution in [0.25, 0.3) is 0 Å². The molecule has 0 fully saturated rings. The smallest absolute Gasteiger partial charge is 0.151 e. The standard InChI is InChI=1S/C12H24N4O2S/c1-5-10-7-11(16(6-2)15-10)8-12(14-13)9(3)19(4,17)18/h7,9,12,14H,5-6,8,13H2,1-4H3. The number of hydrogen-bond donors (Lipinski definition) is 2. The molecule has 0 aliphatic rings. The molecule has 2 atom stereocenters. The van der Waals surface area contributed by atoms with Crippen molar-refractivity contribution in [2.45, 2.75) is 51.4 Å². The molecule has 6 nitrogen and oxygen atoms in total. The first-order chi connectivity index (χ1) is 8.83. The van der Waals surface area contributed by atoms with E-state index < -0.39 is 15.1 Å². The fraction of sp³-hybridized carbons (Fsp3) is 0.750. The monoisotopic (exact) mass is 288 g/mol. The van der Waals surface area contributed by atoms with Crippen LogP contribution in [0.4, 0.5) is 0 Å². The Kier molecular flexibility index (Phi) is 5.51. The number of nitrogens with zero attached hydrogens (tertiary/aromatic N) is 2. The number of hydrazine groups is 1. The molecule has 0 aliphatic heterocycles. The van der Waals surface area contributed by atoms with Crippen molar-refractivity contribution in [2.24, 2.45) is 5.84 Å². The van der Waals surface area contributed by atoms with E-state index in [2.05, 4.69) is 10.5 Å². The molecule has 1 rings (SSSR count). The molecule has 0 radical (unpaired) electrons. The van der Waals surface area contributed by atoms with Gasteiger partial charge in [-0.25, -0.2) is 8.42 Å². The second-order valence-electron chi connectivity index (χ2n) is 4.81. The third-order valence-corrected chi connectivity index (χ3v) is 5.14. The molecular formula is C12H24N4O2S. The topological polar surface area (TPSA) is 90.0 Å². The van der Waals surface area contributed by atoms with Gasteiger partial charge in [0.1, 0.15) is 0 Å². The van der Waals surface area contributed by atoms with Gasteiger partial charge in [-0.1, -0.05) is 6.92 Å². The Bertz CT molecular complexity index is 510. The van der Waals surface area contributed by atoms with Crippen LogP contribution in [-0.2, 0) is 29.2 Å². The summed E-state index contributed by atoms with van der Waals surface area (Å²) in [5.41, 5.74) is 4.64. The van der Waals surface area contributed by atoms with Crippen LogP contribution in [0.15, 0.2) is 6.07 Å². The number of nitrogens with two attached hydrogens (primary N) is 1. The van der Waals surface area contributed by atoms with E-state index in [4.69, 9.17) is 5.84 Å². The van der Waals surface area contributed by atoms with Gasteiger partial charge < -0.3 is 0 Å². The summed E-state index contributed by atoms with van der Waals surface area (Å²) in [5, 5.41) is 3.92. The molecule has 110 valence electrons. The SMILES string of the molecule is CCc1cc(CC(NN)C(C)S(C)(=O)=O)n(CC)n1. The van der Waals surface area contributed by atoms with Gasteiger partial charge in [0.2, 0.25) is 0 Å². The van der Waals surface area contributed by atoms with Crippen LogP contribution in [0.5, 0.6) is 0 Å². The van der Waals surface area contributed by atoms with Crippen molar-refractivity contribution in [3.8, 4) is 0 Å². The molecule has 0 bridgehead atoms. The molecule has 2 unspecified atom stereocenters. The van der Waals surface area contributed by atoms with E-state index >= 15 is 0 Å². The predicted molar refractivity (Wildman–Crippen MR) is 76.4 cm³/mol. The zero-order valence-electron chi connectivity index (χ0n) is 12.0. The summed E-state index contributed by atoms with van der Waals surface area (Å²) in [6, 6.07) is 1.70. The lowest BCUT2D eigenvalue weighted by Crippen LogP contribution is -2.47. The maximum absolute atomic E-state index is 11.6. The number of aryl methyl sites for hydroxylation is 2. The van der Waals surface area contributed by atoms with Crippen LogP contribution in [0, 0.1) is 0 Å². The van der Waals surface area contributed by atoms with E-state index in [1.165, 1.54) is 6.26 Å². The number of aromatic nitrogens is 2. The van der Waals surface area contributed by atoms with Gasteiger partial charge in [-0.15, -0.1) is 0 Å². The number of sulfone groups is 1. The van der Waals surface area contributed by atoms with Gasteiger partial charge in [-0.2, -0.15) is 5.10 Å². The highest BCUT2D eigenvalue weighted by molar-refractivity contribution is 7.91. The predicted octanol–water partition coefficient (Wildman–Crippen LogP) is 0.273. The molecule has 1 aromatic rings. The van der Waals surface area contributed by atoms with Crippen molar-refractivity contribution >= 4 is 9.84 Å². The maximum atomic E-state index is 11.6. The molecule has 0 aliphatic carbocycles. The average molecular weight is 288 g/mol. The molecule has 1 aromatic heterocycles. The molecule has 19 heavy (non-hydrogen) atoms. The van der Waals surface area contributed by atoms with Crippen molar-refractivity contribution < 1.29 is 8.42 Å². The Morgan fingerprint density at radius 3 is 2.53 bits per heavy atom. The summed E-state index contributed by atoms with van der Waals surface area (Å²) in [5.74, 6) is 5.50. The molecule has 0 spiro atoms. The Labute approximate surface area is 115 Å². The maximum Gasteiger partial charge on any atom is 0.151 e. The Morgan fingerprint density at radius 2 is 2.11 bits per heavy atom. The molecule has 0 saturated heterocycles. The van der Waals surface area contributed by atoms with Gasteiger partial charge in [0, 0.05) is 31.0 Å². The van der Waals surface area contributed by atoms with E-state index in [1.54, 1.807) is 6.92 Å². The van der Waals surface area contributed by atoms with Crippen molar-refractivity contribution in [3.63, 3.8) is 0 Å². The Morgan fingerprint density at radius 1 is 1.47 bits per heavy atom. The van der Waals surface area contributed by atoms with E-state index in [-0.39, 0.29) is 6.04 Å². The highest BCUT2D eigenvalue weighted by Crippen LogP contribution is 2.13. The lowest BCUT2D eigenvalue weighted by molar-refractivity contribution is 0.476. The van der Waals surface area contributed by atoms with Crippen LogP contribution in [0.2, 0.25) is 0 Å². The molecule has 3 N–H and O–H groups in total. The fourth-order valence-electron chi connectivity index (χ4n) is 2.01. The molecular weight excluding hydrogens is 264 g/mol. The molecule has 1 heterocycles. The third kappa shape index (κ3) is 4.02. The van der Waals surface area contributed by atoms with E-state index in [9.17, 15) is 8.42 Å². The number of nitrogens with one attached hydrogen (secondary N) is 1. The summed E-state index contributed by atoms with van der Waals surface area (Å²) in [7, 11) is -3.12. The van der Waals surface area contributed by atoms with Crippen molar-refractivity contribution in [3.05, 3.63) is 17.5 Å². The van der Waals surface area contributed by atoms with Crippen LogP contribution >= 0.6 is 0 Å². The lowest BCUT2D eigenvalue weighted by Gasteiger charge is -2.22. The van der Waals surface area contributed by atoms with E-state index in [0.29, 0.717) is 6.42 Å². The average Bonchev–Trinajstić information content (AvgIpc) is 2.76. The van der Waals surface area contributed by atoms with Crippen LogP contribution in [0.1, 0.15) is 32.2 Å². The zero-order chi connectivity index (χ0) is 14.6. The zero-order valence-corrected chi connectivity index (χ0v) is 12.9. The van der Waals surface area contributed by atoms with Crippen LogP contribution in [-0.4, -0.2) is 35.7 Å². The summed E-state index contributed by atoms with van der Waals surface area (Å²) < 4.78 is 25.1. The van der Waals surface area contributed by atoms with Crippen molar-refractivity contribution in [2.75, 3.05) is 6.26 Å². The van der Waals surface area contributed by atoms with E-state index in [0.717, 1.165) is 24.4 Å². The number of hydrogen-bond acceptors (Lipinski definition) is 5. The molecule has 7 heteroatoms. The first-order valence-corrected chi connectivity index (χ1v) is 8.49. The minimum atomic E-state index is -3.12. The summed E-state index contributed by atoms with van der Waals surface area (Å²) in [6.07, 6.45) is 2.64. The minimum Gasteiger partial charge on any atom is -0.271 e. The molecule has 0 aromatic carbocycles. The van der Waals surface area contributed by atoms with Crippen LogP contribution < -0.4 is 11.3 Å². The van der Waals surface area contributed by atoms with E-state index in [1.807, 2.05) is 24.6 Å². The highest BCUT2D eigenvalue weighted by Gasteiger charge is 2.26. The second-order valence-corrected chi connectivity index (χ2v) is 7.21. The quantitative estimate of drug-likeness (QED) is 0.555. The van der Waals surface area contributed by atoms with Crippen molar-refractivity contribution in [1.29, 1.82) is 0 Å². The van der Waals surface area contributed by atoms with Gasteiger partial charge in [-0.05, 0) is 26.3 Å². The summed E-state index contributed by atoms with van der Waals surface area (Å²) >= 11 is 0. The van der Waals surface area contributed by atoms with Crippen LogP contribution in [0.3, 0.4) is 0 Å². The minimum absolute atomic E-state index is 0.318. The second kappa shape index (κ2) is 6.49. The fourth-order valence-corrected chi connectivity index (χ4v) is 2.78.